The zero-order valence-electron chi connectivity index (χ0n) is 8.00. The lowest BCUT2D eigenvalue weighted by Crippen LogP contribution is -2.06. The Hall–Kier alpha value is -1.40. The Morgan fingerprint density at radius 3 is 2.67 bits per heavy atom. The van der Waals surface area contributed by atoms with E-state index in [9.17, 15) is 13.2 Å². The first kappa shape index (κ1) is 11.7. The molecule has 15 heavy (non-hydrogen) atoms. The predicted molar refractivity (Wildman–Crippen MR) is 52.2 cm³/mol. The summed E-state index contributed by atoms with van der Waals surface area (Å²) in [5, 5.41) is 0. The van der Waals surface area contributed by atoms with Crippen LogP contribution in [-0.4, -0.2) is 18.9 Å². The molecule has 1 aromatic carbocycles. The Balaban J connectivity index is 2.99. The van der Waals surface area contributed by atoms with Crippen LogP contribution in [0.5, 0.6) is 5.75 Å². The summed E-state index contributed by atoms with van der Waals surface area (Å²) in [5.41, 5.74) is 0. The standard InChI is InChI=1S/C9H10O5S/c1-2-9(10)14-7-4-3-5-8(6-7)15(11,12)13/h3-6H,2H2,1H3,(H,11,12,13). The van der Waals surface area contributed by atoms with Crippen molar-refractivity contribution in [3.8, 4) is 5.75 Å². The largest absolute Gasteiger partial charge is 0.426 e. The minimum Gasteiger partial charge on any atom is -0.426 e. The smallest absolute Gasteiger partial charge is 0.310 e. The summed E-state index contributed by atoms with van der Waals surface area (Å²) in [6.07, 6.45) is 0.191. The molecule has 0 amide bonds. The normalized spacial score (nSPS) is 11.1. The Morgan fingerprint density at radius 1 is 1.47 bits per heavy atom. The van der Waals surface area contributed by atoms with Crippen LogP contribution < -0.4 is 4.74 Å². The molecule has 5 nitrogen and oxygen atoms in total. The third kappa shape index (κ3) is 3.34. The summed E-state index contributed by atoms with van der Waals surface area (Å²) in [5.74, 6) is -0.375. The summed E-state index contributed by atoms with van der Waals surface area (Å²) < 4.78 is 35.0. The van der Waals surface area contributed by atoms with E-state index < -0.39 is 16.1 Å². The number of rotatable bonds is 3. The molecule has 0 saturated heterocycles. The van der Waals surface area contributed by atoms with E-state index in [1.165, 1.54) is 18.2 Å². The molecule has 0 aliphatic carbocycles. The summed E-state index contributed by atoms with van der Waals surface area (Å²) in [4.78, 5) is 10.6. The lowest BCUT2D eigenvalue weighted by Gasteiger charge is -2.03. The SMILES string of the molecule is CCC(=O)Oc1cccc(S(=O)(=O)O)c1. The van der Waals surface area contributed by atoms with Crippen LogP contribution in [0.3, 0.4) is 0 Å². The van der Waals surface area contributed by atoms with Crippen LogP contribution in [0.25, 0.3) is 0 Å². The van der Waals surface area contributed by atoms with Crippen LogP contribution in [-0.2, 0) is 14.9 Å². The minimum atomic E-state index is -4.26. The molecule has 82 valence electrons. The second kappa shape index (κ2) is 4.41. The van der Waals surface area contributed by atoms with Crippen molar-refractivity contribution in [1.29, 1.82) is 0 Å². The first-order valence-corrected chi connectivity index (χ1v) is 5.65. The fraction of sp³-hybridized carbons (Fsp3) is 0.222. The lowest BCUT2D eigenvalue weighted by molar-refractivity contribution is -0.134. The van der Waals surface area contributed by atoms with E-state index in [0.29, 0.717) is 0 Å². The van der Waals surface area contributed by atoms with Crippen LogP contribution in [0.2, 0.25) is 0 Å². The van der Waals surface area contributed by atoms with E-state index in [0.717, 1.165) is 6.07 Å². The van der Waals surface area contributed by atoms with Gasteiger partial charge in [0, 0.05) is 12.5 Å². The van der Waals surface area contributed by atoms with Gasteiger partial charge in [0.15, 0.2) is 0 Å². The molecule has 0 fully saturated rings. The molecular formula is C9H10O5S. The summed E-state index contributed by atoms with van der Waals surface area (Å²) in [6, 6.07) is 5.10. The van der Waals surface area contributed by atoms with Gasteiger partial charge in [0.25, 0.3) is 10.1 Å². The second-order valence-corrected chi connectivity index (χ2v) is 4.20. The molecular weight excluding hydrogens is 220 g/mol. The Morgan fingerprint density at radius 2 is 2.13 bits per heavy atom. The molecule has 1 aromatic rings. The maximum absolute atomic E-state index is 10.9. The van der Waals surface area contributed by atoms with Crippen LogP contribution in [0.4, 0.5) is 0 Å². The van der Waals surface area contributed by atoms with Gasteiger partial charge in [0.2, 0.25) is 0 Å². The minimum absolute atomic E-state index is 0.0944. The highest BCUT2D eigenvalue weighted by molar-refractivity contribution is 7.85. The predicted octanol–water partition coefficient (Wildman–Crippen LogP) is 1.25. The fourth-order valence-corrected chi connectivity index (χ4v) is 1.42. The van der Waals surface area contributed by atoms with Gasteiger partial charge in [0.1, 0.15) is 5.75 Å². The maximum Gasteiger partial charge on any atom is 0.310 e. The zero-order valence-corrected chi connectivity index (χ0v) is 8.82. The van der Waals surface area contributed by atoms with Crippen molar-refractivity contribution in [3.05, 3.63) is 24.3 Å². The molecule has 0 heterocycles. The molecule has 0 aliphatic heterocycles. The number of hydrogen-bond acceptors (Lipinski definition) is 4. The molecule has 0 spiro atoms. The number of hydrogen-bond donors (Lipinski definition) is 1. The van der Waals surface area contributed by atoms with Gasteiger partial charge < -0.3 is 4.74 Å². The van der Waals surface area contributed by atoms with Gasteiger partial charge in [-0.3, -0.25) is 9.35 Å². The van der Waals surface area contributed by atoms with Gasteiger partial charge in [-0.2, -0.15) is 8.42 Å². The second-order valence-electron chi connectivity index (χ2n) is 2.78. The van der Waals surface area contributed by atoms with Gasteiger partial charge in [-0.15, -0.1) is 0 Å². The first-order chi connectivity index (χ1) is 6.93. The highest BCUT2D eigenvalue weighted by atomic mass is 32.2. The topological polar surface area (TPSA) is 80.7 Å². The number of carbonyl (C=O) groups is 1. The molecule has 0 aliphatic rings. The third-order valence-electron chi connectivity index (χ3n) is 1.62. The van der Waals surface area contributed by atoms with E-state index >= 15 is 0 Å². The van der Waals surface area contributed by atoms with Crippen molar-refractivity contribution in [1.82, 2.24) is 0 Å². The van der Waals surface area contributed by atoms with Gasteiger partial charge in [-0.1, -0.05) is 13.0 Å². The van der Waals surface area contributed by atoms with Crippen molar-refractivity contribution in [3.63, 3.8) is 0 Å². The molecule has 0 radical (unpaired) electrons. The number of benzene rings is 1. The molecule has 0 saturated carbocycles. The molecule has 0 bridgehead atoms. The number of esters is 1. The molecule has 0 aromatic heterocycles. The van der Waals surface area contributed by atoms with Crippen LogP contribution in [0.1, 0.15) is 13.3 Å². The third-order valence-corrected chi connectivity index (χ3v) is 2.47. The highest BCUT2D eigenvalue weighted by Crippen LogP contribution is 2.17. The quantitative estimate of drug-likeness (QED) is 0.480. The highest BCUT2D eigenvalue weighted by Gasteiger charge is 2.11. The first-order valence-electron chi connectivity index (χ1n) is 4.21. The molecule has 1 rings (SSSR count). The fourth-order valence-electron chi connectivity index (χ4n) is 0.902. The number of ether oxygens (including phenoxy) is 1. The average Bonchev–Trinajstić information content (AvgIpc) is 2.17. The van der Waals surface area contributed by atoms with Crippen molar-refractivity contribution in [2.45, 2.75) is 18.2 Å². The van der Waals surface area contributed by atoms with E-state index in [1.807, 2.05) is 0 Å². The van der Waals surface area contributed by atoms with Crippen LogP contribution in [0, 0.1) is 0 Å². The summed E-state index contributed by atoms with van der Waals surface area (Å²) in [6.45, 7) is 1.62. The molecule has 6 heteroatoms. The maximum atomic E-state index is 10.9. The summed E-state index contributed by atoms with van der Waals surface area (Å²) in [7, 11) is -4.26. The van der Waals surface area contributed by atoms with Crippen molar-refractivity contribution >= 4 is 16.1 Å². The van der Waals surface area contributed by atoms with E-state index in [1.54, 1.807) is 6.92 Å². The monoisotopic (exact) mass is 230 g/mol. The van der Waals surface area contributed by atoms with E-state index in [4.69, 9.17) is 9.29 Å². The van der Waals surface area contributed by atoms with Crippen molar-refractivity contribution < 1.29 is 22.5 Å². The zero-order chi connectivity index (χ0) is 11.5. The average molecular weight is 230 g/mol. The lowest BCUT2D eigenvalue weighted by atomic mass is 10.3. The number of carbonyl (C=O) groups excluding carboxylic acids is 1. The van der Waals surface area contributed by atoms with Crippen LogP contribution in [0.15, 0.2) is 29.2 Å². The molecule has 1 N–H and O–H groups in total. The van der Waals surface area contributed by atoms with E-state index in [-0.39, 0.29) is 17.1 Å². The van der Waals surface area contributed by atoms with Crippen molar-refractivity contribution in [2.75, 3.05) is 0 Å². The van der Waals surface area contributed by atoms with Gasteiger partial charge in [-0.05, 0) is 12.1 Å². The van der Waals surface area contributed by atoms with Gasteiger partial charge >= 0.3 is 5.97 Å². The van der Waals surface area contributed by atoms with E-state index in [2.05, 4.69) is 0 Å². The Labute approximate surface area is 87.4 Å². The van der Waals surface area contributed by atoms with Gasteiger partial charge in [-0.25, -0.2) is 0 Å². The summed E-state index contributed by atoms with van der Waals surface area (Å²) >= 11 is 0. The molecule has 0 unspecified atom stereocenters. The van der Waals surface area contributed by atoms with Crippen molar-refractivity contribution in [2.24, 2.45) is 0 Å². The molecule has 0 atom stereocenters. The van der Waals surface area contributed by atoms with Crippen LogP contribution >= 0.6 is 0 Å². The Kier molecular flexibility index (Phi) is 3.43. The Bertz CT molecular complexity index is 463. The van der Waals surface area contributed by atoms with Gasteiger partial charge in [0.05, 0.1) is 4.90 Å².